The van der Waals surface area contributed by atoms with E-state index in [1.165, 1.54) is 6.07 Å². The van der Waals surface area contributed by atoms with Crippen molar-refractivity contribution in [2.75, 3.05) is 6.54 Å². The number of benzene rings is 1. The number of hydrogen-bond acceptors (Lipinski definition) is 2. The topological polar surface area (TPSA) is 49.8 Å². The summed E-state index contributed by atoms with van der Waals surface area (Å²) in [6.07, 6.45) is -0.480. The van der Waals surface area contributed by atoms with Crippen LogP contribution in [-0.2, 0) is 6.18 Å². The maximum Gasteiger partial charge on any atom is 0.416 e. The van der Waals surface area contributed by atoms with Crippen LogP contribution in [0.4, 0.5) is 13.2 Å². The zero-order valence-corrected chi connectivity index (χ0v) is 8.96. The average molecular weight is 240 g/mol. The van der Waals surface area contributed by atoms with Crippen molar-refractivity contribution in [1.29, 1.82) is 5.26 Å². The monoisotopic (exact) mass is 240 g/mol. The van der Waals surface area contributed by atoms with Crippen molar-refractivity contribution < 1.29 is 13.2 Å². The molecule has 2 nitrogen and oxygen atoms in total. The summed E-state index contributed by atoms with van der Waals surface area (Å²) >= 11 is 0. The minimum Gasteiger partial charge on any atom is -0.330 e. The highest BCUT2D eigenvalue weighted by atomic mass is 19.4. The van der Waals surface area contributed by atoms with Gasteiger partial charge in [0.15, 0.2) is 0 Å². The van der Waals surface area contributed by atoms with E-state index >= 15 is 0 Å². The van der Waals surface area contributed by atoms with Gasteiger partial charge < -0.3 is 5.73 Å². The number of rotatable bonds is 3. The predicted octanol–water partition coefficient (Wildman–Crippen LogP) is 2.94. The molecule has 0 aliphatic heterocycles. The second kappa shape index (κ2) is 5.51. The Balaban J connectivity index is 3.07. The van der Waals surface area contributed by atoms with Gasteiger partial charge in [0, 0.05) is 0 Å². The molecule has 0 unspecified atom stereocenters. The van der Waals surface area contributed by atoms with Crippen molar-refractivity contribution in [3.8, 4) is 6.07 Å². The zero-order valence-electron chi connectivity index (χ0n) is 8.96. The molecule has 0 heterocycles. The van der Waals surface area contributed by atoms with E-state index in [4.69, 9.17) is 11.0 Å². The standard InChI is InChI=1S/C12H11F3N2/c13-12(14,15)11-5-4-9(3-1-2-6-16)10(7-11)8-17/h1,3-5,7H,2,6,16H2. The van der Waals surface area contributed by atoms with Crippen LogP contribution in [0.2, 0.25) is 0 Å². The molecule has 0 aromatic heterocycles. The van der Waals surface area contributed by atoms with Crippen LogP contribution in [0.1, 0.15) is 23.1 Å². The van der Waals surface area contributed by atoms with Gasteiger partial charge in [-0.25, -0.2) is 0 Å². The normalized spacial score (nSPS) is 11.7. The first-order chi connectivity index (χ1) is 7.99. The Kier molecular flexibility index (Phi) is 4.30. The van der Waals surface area contributed by atoms with Gasteiger partial charge in [-0.05, 0) is 30.7 Å². The van der Waals surface area contributed by atoms with Crippen LogP contribution in [0.25, 0.3) is 6.08 Å². The summed E-state index contributed by atoms with van der Waals surface area (Å²) < 4.78 is 37.2. The summed E-state index contributed by atoms with van der Waals surface area (Å²) in [4.78, 5) is 0. The Bertz CT molecular complexity index is 456. The first-order valence-electron chi connectivity index (χ1n) is 4.97. The molecule has 0 fully saturated rings. The third-order valence-electron chi connectivity index (χ3n) is 2.13. The summed E-state index contributed by atoms with van der Waals surface area (Å²) in [5, 5.41) is 8.79. The Morgan fingerprint density at radius 3 is 2.59 bits per heavy atom. The third kappa shape index (κ3) is 3.61. The van der Waals surface area contributed by atoms with Gasteiger partial charge in [-0.2, -0.15) is 18.4 Å². The highest BCUT2D eigenvalue weighted by Crippen LogP contribution is 2.30. The average Bonchev–Trinajstić information content (AvgIpc) is 2.28. The van der Waals surface area contributed by atoms with Gasteiger partial charge in [0.05, 0.1) is 17.2 Å². The molecule has 2 N–H and O–H groups in total. The fourth-order valence-corrected chi connectivity index (χ4v) is 1.28. The number of nitrogens with zero attached hydrogens (tertiary/aromatic N) is 1. The van der Waals surface area contributed by atoms with E-state index < -0.39 is 11.7 Å². The smallest absolute Gasteiger partial charge is 0.330 e. The summed E-state index contributed by atoms with van der Waals surface area (Å²) in [5.74, 6) is 0. The molecule has 1 rings (SSSR count). The molecule has 0 aliphatic carbocycles. The molecule has 5 heteroatoms. The van der Waals surface area contributed by atoms with Gasteiger partial charge >= 0.3 is 6.18 Å². The lowest BCUT2D eigenvalue weighted by Crippen LogP contribution is -2.05. The maximum atomic E-state index is 12.4. The minimum absolute atomic E-state index is 0.00750. The Labute approximate surface area is 97.2 Å². The molecule has 0 saturated carbocycles. The van der Waals surface area contributed by atoms with E-state index in [-0.39, 0.29) is 5.56 Å². The van der Waals surface area contributed by atoms with Crippen molar-refractivity contribution >= 4 is 6.08 Å². The van der Waals surface area contributed by atoms with E-state index in [9.17, 15) is 13.2 Å². The summed E-state index contributed by atoms with van der Waals surface area (Å²) in [6, 6.07) is 4.85. The Morgan fingerprint density at radius 2 is 2.06 bits per heavy atom. The number of nitriles is 1. The SMILES string of the molecule is N#Cc1cc(C(F)(F)F)ccc1C=CCCN. The minimum atomic E-state index is -4.43. The van der Waals surface area contributed by atoms with Gasteiger partial charge in [0.25, 0.3) is 0 Å². The van der Waals surface area contributed by atoms with Crippen LogP contribution in [0, 0.1) is 11.3 Å². The highest BCUT2D eigenvalue weighted by molar-refractivity contribution is 5.59. The van der Waals surface area contributed by atoms with E-state index in [0.717, 1.165) is 12.1 Å². The van der Waals surface area contributed by atoms with E-state index in [1.807, 2.05) is 0 Å². The van der Waals surface area contributed by atoms with Crippen LogP contribution < -0.4 is 5.73 Å². The van der Waals surface area contributed by atoms with Crippen molar-refractivity contribution in [2.45, 2.75) is 12.6 Å². The van der Waals surface area contributed by atoms with Gasteiger partial charge in [-0.15, -0.1) is 0 Å². The lowest BCUT2D eigenvalue weighted by molar-refractivity contribution is -0.137. The summed E-state index contributed by atoms with van der Waals surface area (Å²) in [7, 11) is 0. The van der Waals surface area contributed by atoms with Crippen molar-refractivity contribution in [3.63, 3.8) is 0 Å². The third-order valence-corrected chi connectivity index (χ3v) is 2.13. The molecule has 0 atom stereocenters. The Morgan fingerprint density at radius 1 is 1.35 bits per heavy atom. The van der Waals surface area contributed by atoms with Crippen LogP contribution >= 0.6 is 0 Å². The number of alkyl halides is 3. The van der Waals surface area contributed by atoms with Gasteiger partial charge in [0.1, 0.15) is 0 Å². The lowest BCUT2D eigenvalue weighted by atomic mass is 10.0. The van der Waals surface area contributed by atoms with E-state index in [1.54, 1.807) is 18.2 Å². The second-order valence-corrected chi connectivity index (χ2v) is 3.39. The lowest BCUT2D eigenvalue weighted by Gasteiger charge is -2.07. The number of hydrogen-bond donors (Lipinski definition) is 1. The van der Waals surface area contributed by atoms with Crippen LogP contribution in [-0.4, -0.2) is 6.54 Å². The van der Waals surface area contributed by atoms with E-state index in [0.29, 0.717) is 18.5 Å². The summed E-state index contributed by atoms with van der Waals surface area (Å²) in [5.41, 5.74) is 4.94. The second-order valence-electron chi connectivity index (χ2n) is 3.39. The molecule has 0 spiro atoms. The van der Waals surface area contributed by atoms with Crippen LogP contribution in [0.3, 0.4) is 0 Å². The maximum absolute atomic E-state index is 12.4. The van der Waals surface area contributed by atoms with Crippen LogP contribution in [0.15, 0.2) is 24.3 Å². The molecule has 1 aromatic rings. The molecular weight excluding hydrogens is 229 g/mol. The first-order valence-corrected chi connectivity index (χ1v) is 4.97. The van der Waals surface area contributed by atoms with Crippen molar-refractivity contribution in [1.82, 2.24) is 0 Å². The summed E-state index contributed by atoms with van der Waals surface area (Å²) in [6.45, 7) is 0.457. The fraction of sp³-hybridized carbons (Fsp3) is 0.250. The highest BCUT2D eigenvalue weighted by Gasteiger charge is 2.30. The Hall–Kier alpha value is -1.80. The molecule has 17 heavy (non-hydrogen) atoms. The molecular formula is C12H11F3N2. The zero-order chi connectivity index (χ0) is 12.9. The molecule has 90 valence electrons. The number of nitrogens with two attached hydrogens (primary N) is 1. The first kappa shape index (κ1) is 13.3. The fourth-order valence-electron chi connectivity index (χ4n) is 1.28. The van der Waals surface area contributed by atoms with Gasteiger partial charge in [-0.1, -0.05) is 18.2 Å². The quantitative estimate of drug-likeness (QED) is 0.883. The van der Waals surface area contributed by atoms with E-state index in [2.05, 4.69) is 0 Å². The molecule has 0 amide bonds. The van der Waals surface area contributed by atoms with Crippen molar-refractivity contribution in [3.05, 3.63) is 41.0 Å². The molecule has 0 radical (unpaired) electrons. The number of halogens is 3. The molecule has 0 aliphatic rings. The largest absolute Gasteiger partial charge is 0.416 e. The predicted molar refractivity (Wildman–Crippen MR) is 58.9 cm³/mol. The van der Waals surface area contributed by atoms with Crippen LogP contribution in [0.5, 0.6) is 0 Å². The van der Waals surface area contributed by atoms with Crippen molar-refractivity contribution in [2.24, 2.45) is 5.73 Å². The molecule has 1 aromatic carbocycles. The molecule has 0 bridgehead atoms. The molecule has 0 saturated heterocycles. The van der Waals surface area contributed by atoms with Gasteiger partial charge in [-0.3, -0.25) is 0 Å². The van der Waals surface area contributed by atoms with Gasteiger partial charge in [0.2, 0.25) is 0 Å².